The lowest BCUT2D eigenvalue weighted by Gasteiger charge is -2.46. The number of hydrogen-bond donors (Lipinski definition) is 1. The average molecular weight is 258 g/mol. The predicted molar refractivity (Wildman–Crippen MR) is 76.1 cm³/mol. The number of hydrogen-bond acceptors (Lipinski definition) is 3. The number of ether oxygens (including phenoxy) is 1. The highest BCUT2D eigenvalue weighted by Gasteiger charge is 2.38. The topological polar surface area (TPSA) is 45.0 Å². The lowest BCUT2D eigenvalue weighted by molar-refractivity contribution is 0.0557. The molecule has 19 heavy (non-hydrogen) atoms. The first-order valence-electron chi connectivity index (χ1n) is 6.76. The van der Waals surface area contributed by atoms with E-state index in [0.717, 1.165) is 12.8 Å². The zero-order valence-electron chi connectivity index (χ0n) is 12.2. The Morgan fingerprint density at radius 1 is 1.16 bits per heavy atom. The van der Waals surface area contributed by atoms with E-state index in [1.165, 1.54) is 0 Å². The van der Waals surface area contributed by atoms with E-state index in [2.05, 4.69) is 39.1 Å². The van der Waals surface area contributed by atoms with Gasteiger partial charge in [0.05, 0.1) is 5.56 Å². The van der Waals surface area contributed by atoms with Crippen LogP contribution >= 0.6 is 0 Å². The SMILES string of the molecule is CC1(C)CC(Oc2ccccc2C#N)CC(C)(C)N1. The third-order valence-corrected chi connectivity index (χ3v) is 3.45. The van der Waals surface area contributed by atoms with Crippen LogP contribution < -0.4 is 10.1 Å². The van der Waals surface area contributed by atoms with Crippen molar-refractivity contribution in [2.75, 3.05) is 0 Å². The van der Waals surface area contributed by atoms with Gasteiger partial charge < -0.3 is 10.1 Å². The number of rotatable bonds is 2. The van der Waals surface area contributed by atoms with Gasteiger partial charge in [0.25, 0.3) is 0 Å². The van der Waals surface area contributed by atoms with Crippen molar-refractivity contribution in [1.29, 1.82) is 5.26 Å². The molecule has 102 valence electrons. The monoisotopic (exact) mass is 258 g/mol. The first-order valence-corrected chi connectivity index (χ1v) is 6.76. The van der Waals surface area contributed by atoms with Gasteiger partial charge in [0.15, 0.2) is 0 Å². The molecule has 3 nitrogen and oxygen atoms in total. The maximum absolute atomic E-state index is 9.11. The number of nitriles is 1. The molecule has 0 saturated carbocycles. The summed E-state index contributed by atoms with van der Waals surface area (Å²) >= 11 is 0. The molecule has 1 saturated heterocycles. The van der Waals surface area contributed by atoms with Crippen molar-refractivity contribution in [3.05, 3.63) is 29.8 Å². The third-order valence-electron chi connectivity index (χ3n) is 3.45. The molecule has 0 spiro atoms. The summed E-state index contributed by atoms with van der Waals surface area (Å²) in [5.74, 6) is 0.698. The summed E-state index contributed by atoms with van der Waals surface area (Å²) in [6, 6.07) is 9.63. The third kappa shape index (κ3) is 3.48. The van der Waals surface area contributed by atoms with Gasteiger partial charge in [0.2, 0.25) is 0 Å². The highest BCUT2D eigenvalue weighted by molar-refractivity contribution is 5.42. The number of nitrogens with one attached hydrogen (secondary N) is 1. The van der Waals surface area contributed by atoms with E-state index in [1.807, 2.05) is 18.2 Å². The summed E-state index contributed by atoms with van der Waals surface area (Å²) in [5.41, 5.74) is 0.707. The van der Waals surface area contributed by atoms with E-state index < -0.39 is 0 Å². The molecule has 1 aromatic rings. The second-order valence-corrected chi connectivity index (χ2v) is 6.65. The molecule has 1 heterocycles. The first-order chi connectivity index (χ1) is 8.81. The van der Waals surface area contributed by atoms with Crippen LogP contribution in [0.2, 0.25) is 0 Å². The predicted octanol–water partition coefficient (Wildman–Crippen LogP) is 3.25. The van der Waals surface area contributed by atoms with Crippen molar-refractivity contribution in [3.8, 4) is 11.8 Å². The van der Waals surface area contributed by atoms with Gasteiger partial charge in [-0.2, -0.15) is 5.26 Å². The molecule has 1 aromatic carbocycles. The molecule has 0 amide bonds. The van der Waals surface area contributed by atoms with E-state index >= 15 is 0 Å². The first kappa shape index (κ1) is 13.9. The summed E-state index contributed by atoms with van der Waals surface area (Å²) in [6.07, 6.45) is 2.02. The van der Waals surface area contributed by atoms with Crippen LogP contribution in [0, 0.1) is 11.3 Å². The van der Waals surface area contributed by atoms with Gasteiger partial charge in [-0.3, -0.25) is 0 Å². The van der Waals surface area contributed by atoms with Gasteiger partial charge in [0.1, 0.15) is 17.9 Å². The lowest BCUT2D eigenvalue weighted by atomic mass is 9.81. The standard InChI is InChI=1S/C16H22N2O/c1-15(2)9-13(10-16(3,4)18-15)19-14-8-6-5-7-12(14)11-17/h5-8,13,18H,9-10H2,1-4H3. The van der Waals surface area contributed by atoms with Crippen molar-refractivity contribution in [2.45, 2.75) is 57.7 Å². The summed E-state index contributed by atoms with van der Waals surface area (Å²) in [4.78, 5) is 0. The van der Waals surface area contributed by atoms with E-state index in [0.29, 0.717) is 11.3 Å². The molecule has 1 N–H and O–H groups in total. The van der Waals surface area contributed by atoms with Crippen LogP contribution in [-0.4, -0.2) is 17.2 Å². The fourth-order valence-corrected chi connectivity index (χ4v) is 3.15. The average Bonchev–Trinajstić information content (AvgIpc) is 2.25. The highest BCUT2D eigenvalue weighted by atomic mass is 16.5. The van der Waals surface area contributed by atoms with Crippen LogP contribution in [0.5, 0.6) is 5.75 Å². The number of para-hydroxylation sites is 1. The Balaban J connectivity index is 2.17. The molecule has 1 aliphatic rings. The fraction of sp³-hybridized carbons (Fsp3) is 0.562. The second-order valence-electron chi connectivity index (χ2n) is 6.65. The molecule has 0 bridgehead atoms. The zero-order valence-corrected chi connectivity index (χ0v) is 12.2. The summed E-state index contributed by atoms with van der Waals surface area (Å²) in [7, 11) is 0. The quantitative estimate of drug-likeness (QED) is 0.885. The van der Waals surface area contributed by atoms with Gasteiger partial charge >= 0.3 is 0 Å². The van der Waals surface area contributed by atoms with Crippen LogP contribution in [0.1, 0.15) is 46.1 Å². The molecule has 1 fully saturated rings. The molecule has 2 rings (SSSR count). The largest absolute Gasteiger partial charge is 0.489 e. The molecule has 0 unspecified atom stereocenters. The molecular weight excluding hydrogens is 236 g/mol. The van der Waals surface area contributed by atoms with Gasteiger partial charge in [-0.15, -0.1) is 0 Å². The van der Waals surface area contributed by atoms with E-state index in [-0.39, 0.29) is 17.2 Å². The van der Waals surface area contributed by atoms with Crippen molar-refractivity contribution in [2.24, 2.45) is 0 Å². The fourth-order valence-electron chi connectivity index (χ4n) is 3.15. The Morgan fingerprint density at radius 2 is 1.74 bits per heavy atom. The van der Waals surface area contributed by atoms with Crippen LogP contribution in [0.3, 0.4) is 0 Å². The number of benzene rings is 1. The smallest absolute Gasteiger partial charge is 0.137 e. The maximum Gasteiger partial charge on any atom is 0.137 e. The zero-order chi connectivity index (χ0) is 14.1. The van der Waals surface area contributed by atoms with Crippen molar-refractivity contribution in [3.63, 3.8) is 0 Å². The van der Waals surface area contributed by atoms with Crippen molar-refractivity contribution >= 4 is 0 Å². The van der Waals surface area contributed by atoms with Gasteiger partial charge in [-0.25, -0.2) is 0 Å². The highest BCUT2D eigenvalue weighted by Crippen LogP contribution is 2.32. The van der Waals surface area contributed by atoms with E-state index in [9.17, 15) is 0 Å². The molecular formula is C16H22N2O. The molecule has 3 heteroatoms. The van der Waals surface area contributed by atoms with Gasteiger partial charge in [0, 0.05) is 23.9 Å². The van der Waals surface area contributed by atoms with E-state index in [1.54, 1.807) is 6.07 Å². The second kappa shape index (κ2) is 4.86. The van der Waals surface area contributed by atoms with Gasteiger partial charge in [-0.05, 0) is 39.8 Å². The van der Waals surface area contributed by atoms with E-state index in [4.69, 9.17) is 10.00 Å². The van der Waals surface area contributed by atoms with Crippen LogP contribution in [0.15, 0.2) is 24.3 Å². The molecule has 1 aliphatic heterocycles. The number of nitrogens with zero attached hydrogens (tertiary/aromatic N) is 1. The van der Waals surface area contributed by atoms with Gasteiger partial charge in [-0.1, -0.05) is 12.1 Å². The maximum atomic E-state index is 9.11. The van der Waals surface area contributed by atoms with Crippen LogP contribution in [-0.2, 0) is 0 Å². The lowest BCUT2D eigenvalue weighted by Crippen LogP contribution is -2.60. The Labute approximate surface area is 115 Å². The van der Waals surface area contributed by atoms with Crippen molar-refractivity contribution in [1.82, 2.24) is 5.32 Å². The normalized spacial score (nSPS) is 21.6. The van der Waals surface area contributed by atoms with Crippen LogP contribution in [0.4, 0.5) is 0 Å². The minimum atomic E-state index is 0.0496. The summed E-state index contributed by atoms with van der Waals surface area (Å²) in [5, 5.41) is 12.7. The van der Waals surface area contributed by atoms with Crippen molar-refractivity contribution < 1.29 is 4.74 Å². The molecule has 0 aromatic heterocycles. The minimum absolute atomic E-state index is 0.0496. The molecule has 0 radical (unpaired) electrons. The number of piperidine rings is 1. The Morgan fingerprint density at radius 3 is 2.32 bits per heavy atom. The summed E-state index contributed by atoms with van der Waals surface area (Å²) in [6.45, 7) is 8.78. The minimum Gasteiger partial charge on any atom is -0.489 e. The Hall–Kier alpha value is -1.53. The summed E-state index contributed by atoms with van der Waals surface area (Å²) < 4.78 is 6.09. The van der Waals surface area contributed by atoms with Crippen LogP contribution in [0.25, 0.3) is 0 Å². The Bertz CT molecular complexity index is 484. The molecule has 0 aliphatic carbocycles. The Kier molecular flexibility index (Phi) is 3.56. The molecule has 0 atom stereocenters.